The van der Waals surface area contributed by atoms with E-state index >= 15 is 0 Å². The molecule has 1 unspecified atom stereocenters. The Morgan fingerprint density at radius 3 is 2.72 bits per heavy atom. The number of hydrogen-bond acceptors (Lipinski definition) is 5. The first-order valence-corrected chi connectivity index (χ1v) is 9.85. The molecule has 6 nitrogen and oxygen atoms in total. The first-order chi connectivity index (χ1) is 12.1. The van der Waals surface area contributed by atoms with Crippen LogP contribution in [0.4, 0.5) is 0 Å². The van der Waals surface area contributed by atoms with Crippen LogP contribution in [0.25, 0.3) is 17.1 Å². The minimum atomic E-state index is -2.94. The van der Waals surface area contributed by atoms with Crippen molar-refractivity contribution in [1.29, 1.82) is 0 Å². The van der Waals surface area contributed by atoms with Gasteiger partial charge in [0.25, 0.3) is 0 Å². The Labute approximate surface area is 145 Å². The number of para-hydroxylation sites is 1. The van der Waals surface area contributed by atoms with Crippen LogP contribution in [0, 0.1) is 0 Å². The second-order valence-corrected chi connectivity index (χ2v) is 8.25. The van der Waals surface area contributed by atoms with Gasteiger partial charge in [0.1, 0.15) is 5.69 Å². The summed E-state index contributed by atoms with van der Waals surface area (Å²) in [5, 5.41) is 4.61. The molecule has 4 rings (SSSR count). The van der Waals surface area contributed by atoms with Crippen LogP contribution in [0.5, 0.6) is 0 Å². The SMILES string of the molecule is O=S1(=O)CCC(N=Cc2cn(-c3ccccc3)nc2-c2ccco2)C1. The predicted molar refractivity (Wildman–Crippen MR) is 95.9 cm³/mol. The molecule has 128 valence electrons. The number of nitrogens with zero attached hydrogens (tertiary/aromatic N) is 3. The fraction of sp³-hybridized carbons (Fsp3) is 0.222. The van der Waals surface area contributed by atoms with Gasteiger partial charge >= 0.3 is 0 Å². The van der Waals surface area contributed by atoms with Crippen LogP contribution in [-0.2, 0) is 9.84 Å². The number of aromatic nitrogens is 2. The van der Waals surface area contributed by atoms with Gasteiger partial charge in [0.15, 0.2) is 15.6 Å². The molecule has 3 heterocycles. The number of benzene rings is 1. The molecule has 0 N–H and O–H groups in total. The van der Waals surface area contributed by atoms with Gasteiger partial charge in [-0.05, 0) is 30.7 Å². The van der Waals surface area contributed by atoms with Crippen LogP contribution in [0.2, 0.25) is 0 Å². The maximum Gasteiger partial charge on any atom is 0.154 e. The normalized spacial score (nSPS) is 19.6. The van der Waals surface area contributed by atoms with Gasteiger partial charge in [-0.25, -0.2) is 13.1 Å². The lowest BCUT2D eigenvalue weighted by Gasteiger charge is -1.99. The minimum absolute atomic E-state index is 0.117. The summed E-state index contributed by atoms with van der Waals surface area (Å²) < 4.78 is 30.4. The molecule has 0 aliphatic carbocycles. The van der Waals surface area contributed by atoms with E-state index in [0.29, 0.717) is 17.9 Å². The van der Waals surface area contributed by atoms with Gasteiger partial charge in [-0.15, -0.1) is 0 Å². The van der Waals surface area contributed by atoms with Gasteiger partial charge in [0.2, 0.25) is 0 Å². The van der Waals surface area contributed by atoms with Crippen molar-refractivity contribution in [3.05, 3.63) is 60.5 Å². The predicted octanol–water partition coefficient (Wildman–Crippen LogP) is 2.74. The highest BCUT2D eigenvalue weighted by atomic mass is 32.2. The molecule has 25 heavy (non-hydrogen) atoms. The smallest absolute Gasteiger partial charge is 0.154 e. The second kappa shape index (κ2) is 6.33. The van der Waals surface area contributed by atoms with Crippen LogP contribution in [-0.4, -0.2) is 42.0 Å². The monoisotopic (exact) mass is 355 g/mol. The van der Waals surface area contributed by atoms with Crippen LogP contribution in [0.1, 0.15) is 12.0 Å². The van der Waals surface area contributed by atoms with Crippen molar-refractivity contribution in [2.45, 2.75) is 12.5 Å². The van der Waals surface area contributed by atoms with Gasteiger partial charge < -0.3 is 4.42 Å². The van der Waals surface area contributed by atoms with Crippen LogP contribution >= 0.6 is 0 Å². The molecule has 0 bridgehead atoms. The van der Waals surface area contributed by atoms with E-state index in [2.05, 4.69) is 10.1 Å². The van der Waals surface area contributed by atoms with Gasteiger partial charge in [-0.3, -0.25) is 4.99 Å². The zero-order valence-corrected chi connectivity index (χ0v) is 14.3. The maximum absolute atomic E-state index is 11.6. The van der Waals surface area contributed by atoms with Crippen LogP contribution in [0.3, 0.4) is 0 Å². The lowest BCUT2D eigenvalue weighted by molar-refractivity contribution is 0.579. The Bertz CT molecular complexity index is 990. The summed E-state index contributed by atoms with van der Waals surface area (Å²) in [6.07, 6.45) is 5.75. The van der Waals surface area contributed by atoms with Gasteiger partial charge in [0, 0.05) is 18.0 Å². The number of rotatable bonds is 4. The van der Waals surface area contributed by atoms with Gasteiger partial charge in [-0.2, -0.15) is 5.10 Å². The Kier molecular flexibility index (Phi) is 4.01. The highest BCUT2D eigenvalue weighted by Gasteiger charge is 2.27. The van der Waals surface area contributed by atoms with Crippen molar-refractivity contribution < 1.29 is 12.8 Å². The summed E-state index contributed by atoms with van der Waals surface area (Å²) in [6, 6.07) is 13.2. The Morgan fingerprint density at radius 2 is 2.04 bits per heavy atom. The van der Waals surface area contributed by atoms with E-state index < -0.39 is 9.84 Å². The van der Waals surface area contributed by atoms with E-state index in [0.717, 1.165) is 11.3 Å². The number of furan rings is 1. The van der Waals surface area contributed by atoms with E-state index in [-0.39, 0.29) is 17.5 Å². The molecular formula is C18H17N3O3S. The summed E-state index contributed by atoms with van der Waals surface area (Å²) in [6.45, 7) is 0. The number of sulfone groups is 1. The fourth-order valence-corrected chi connectivity index (χ4v) is 4.52. The molecule has 0 saturated carbocycles. The molecule has 7 heteroatoms. The first-order valence-electron chi connectivity index (χ1n) is 8.03. The molecule has 2 aromatic heterocycles. The summed E-state index contributed by atoms with van der Waals surface area (Å²) in [4.78, 5) is 4.47. The third-order valence-corrected chi connectivity index (χ3v) is 5.90. The summed E-state index contributed by atoms with van der Waals surface area (Å²) in [5.41, 5.74) is 2.40. The number of aliphatic imine (C=N–C) groups is 1. The third-order valence-electron chi connectivity index (χ3n) is 4.15. The largest absolute Gasteiger partial charge is 0.463 e. The van der Waals surface area contributed by atoms with Gasteiger partial charge in [-0.1, -0.05) is 18.2 Å². The van der Waals surface area contributed by atoms with E-state index in [9.17, 15) is 8.42 Å². The Hall–Kier alpha value is -2.67. The highest BCUT2D eigenvalue weighted by Crippen LogP contribution is 2.23. The molecule has 0 radical (unpaired) electrons. The van der Waals surface area contributed by atoms with Crippen molar-refractivity contribution in [2.75, 3.05) is 11.5 Å². The molecule has 1 aromatic carbocycles. The Balaban J connectivity index is 1.69. The molecular weight excluding hydrogens is 338 g/mol. The molecule has 1 aliphatic heterocycles. The molecule has 1 fully saturated rings. The standard InChI is InChI=1S/C18H17N3O3S/c22-25(23)10-8-15(13-25)19-11-14-12-21(16-5-2-1-3-6-16)20-18(14)17-7-4-9-24-17/h1-7,9,11-12,15H,8,10,13H2. The van der Waals surface area contributed by atoms with E-state index in [1.165, 1.54) is 0 Å². The van der Waals surface area contributed by atoms with Crippen LogP contribution in [0.15, 0.2) is 64.3 Å². The molecule has 0 amide bonds. The Morgan fingerprint density at radius 1 is 1.20 bits per heavy atom. The average molecular weight is 355 g/mol. The average Bonchev–Trinajstić information content (AvgIpc) is 3.32. The zero-order valence-electron chi connectivity index (χ0n) is 13.4. The lowest BCUT2D eigenvalue weighted by atomic mass is 10.2. The highest BCUT2D eigenvalue weighted by molar-refractivity contribution is 7.91. The van der Waals surface area contributed by atoms with Crippen molar-refractivity contribution in [3.8, 4) is 17.1 Å². The third kappa shape index (κ3) is 3.41. The molecule has 1 saturated heterocycles. The fourth-order valence-electron chi connectivity index (χ4n) is 2.88. The maximum atomic E-state index is 11.6. The molecule has 0 spiro atoms. The zero-order chi connectivity index (χ0) is 17.3. The van der Waals surface area contributed by atoms with Crippen molar-refractivity contribution in [1.82, 2.24) is 9.78 Å². The topological polar surface area (TPSA) is 77.5 Å². The van der Waals surface area contributed by atoms with E-state index in [4.69, 9.17) is 4.42 Å². The van der Waals surface area contributed by atoms with E-state index in [1.54, 1.807) is 23.2 Å². The molecule has 1 aliphatic rings. The number of hydrogen-bond donors (Lipinski definition) is 0. The minimum Gasteiger partial charge on any atom is -0.463 e. The van der Waals surface area contributed by atoms with Gasteiger partial charge in [0.05, 0.1) is 29.5 Å². The summed E-state index contributed by atoms with van der Waals surface area (Å²) in [7, 11) is -2.94. The lowest BCUT2D eigenvalue weighted by Crippen LogP contribution is -2.07. The van der Waals surface area contributed by atoms with Crippen molar-refractivity contribution in [2.24, 2.45) is 4.99 Å². The summed E-state index contributed by atoms with van der Waals surface area (Å²) in [5.74, 6) is 0.977. The molecule has 1 atom stereocenters. The molecule has 3 aromatic rings. The van der Waals surface area contributed by atoms with E-state index in [1.807, 2.05) is 42.6 Å². The quantitative estimate of drug-likeness (QED) is 0.674. The summed E-state index contributed by atoms with van der Waals surface area (Å²) >= 11 is 0. The van der Waals surface area contributed by atoms with Crippen molar-refractivity contribution >= 4 is 16.1 Å². The second-order valence-electron chi connectivity index (χ2n) is 6.03. The first kappa shape index (κ1) is 15.8. The van der Waals surface area contributed by atoms with Crippen molar-refractivity contribution in [3.63, 3.8) is 0 Å². The van der Waals surface area contributed by atoms with Crippen LogP contribution < -0.4 is 0 Å².